The van der Waals surface area contributed by atoms with Crippen LogP contribution in [0.4, 0.5) is 5.00 Å². The van der Waals surface area contributed by atoms with Gasteiger partial charge in [-0.25, -0.2) is 4.79 Å². The Hall–Kier alpha value is -1.36. The molecule has 0 unspecified atom stereocenters. The summed E-state index contributed by atoms with van der Waals surface area (Å²) in [5, 5.41) is 3.65. The first-order chi connectivity index (χ1) is 11.2. The number of amides is 1. The van der Waals surface area contributed by atoms with Gasteiger partial charge < -0.3 is 10.1 Å². The molecule has 24 heavy (non-hydrogen) atoms. The number of carbonyl (C=O) groups excluding carboxylic acids is 2. The van der Waals surface area contributed by atoms with E-state index in [0.29, 0.717) is 29.5 Å². The van der Waals surface area contributed by atoms with E-state index in [-0.39, 0.29) is 17.3 Å². The van der Waals surface area contributed by atoms with Gasteiger partial charge in [0.25, 0.3) is 0 Å². The molecule has 0 saturated heterocycles. The lowest BCUT2D eigenvalue weighted by Gasteiger charge is -2.22. The Morgan fingerprint density at radius 2 is 2.00 bits per heavy atom. The summed E-state index contributed by atoms with van der Waals surface area (Å²) in [4.78, 5) is 25.9. The molecule has 0 fully saturated rings. The molecule has 1 aliphatic rings. The van der Waals surface area contributed by atoms with Crippen molar-refractivity contribution >= 4 is 28.2 Å². The van der Waals surface area contributed by atoms with E-state index in [1.54, 1.807) is 6.92 Å². The van der Waals surface area contributed by atoms with Crippen LogP contribution in [0, 0.1) is 11.3 Å². The lowest BCUT2D eigenvalue weighted by Crippen LogP contribution is -2.19. The summed E-state index contributed by atoms with van der Waals surface area (Å²) < 4.78 is 5.20. The number of hydrogen-bond acceptors (Lipinski definition) is 4. The van der Waals surface area contributed by atoms with Crippen molar-refractivity contribution in [2.75, 3.05) is 11.9 Å². The Kier molecular flexibility index (Phi) is 6.07. The quantitative estimate of drug-likeness (QED) is 0.748. The highest BCUT2D eigenvalue weighted by Gasteiger charge is 2.28. The molecule has 5 heteroatoms. The summed E-state index contributed by atoms with van der Waals surface area (Å²) in [5.41, 5.74) is 1.88. The summed E-state index contributed by atoms with van der Waals surface area (Å²) in [7, 11) is 0. The number of ether oxygens (including phenoxy) is 1. The molecular weight excluding hydrogens is 322 g/mol. The largest absolute Gasteiger partial charge is 0.462 e. The Bertz CT molecular complexity index is 613. The van der Waals surface area contributed by atoms with Gasteiger partial charge in [0, 0.05) is 11.3 Å². The number of aryl methyl sites for hydroxylation is 1. The van der Waals surface area contributed by atoms with Crippen LogP contribution in [-0.4, -0.2) is 18.5 Å². The zero-order chi connectivity index (χ0) is 17.9. The Balaban J connectivity index is 2.09. The van der Waals surface area contributed by atoms with Crippen LogP contribution in [0.1, 0.15) is 74.7 Å². The molecule has 0 radical (unpaired) electrons. The minimum atomic E-state index is -0.310. The standard InChI is InChI=1S/C19H29NO3S/c1-6-23-18(22)16-13-8-7-9-14(13)24-17(16)20-15(21)10-12(2)11-19(3,4)5/h12H,6-11H2,1-5H3,(H,20,21)/t12-/m0/s1. The fraction of sp³-hybridized carbons (Fsp3) is 0.684. The van der Waals surface area contributed by atoms with E-state index in [1.165, 1.54) is 16.2 Å². The van der Waals surface area contributed by atoms with E-state index in [0.717, 1.165) is 31.2 Å². The second-order valence-corrected chi connectivity index (χ2v) is 9.01. The summed E-state index contributed by atoms with van der Waals surface area (Å²) in [5.74, 6) is -0.0185. The zero-order valence-electron chi connectivity index (χ0n) is 15.5. The molecule has 1 heterocycles. The van der Waals surface area contributed by atoms with Crippen LogP contribution < -0.4 is 5.32 Å². The van der Waals surface area contributed by atoms with Crippen LogP contribution in [0.3, 0.4) is 0 Å². The monoisotopic (exact) mass is 351 g/mol. The molecule has 1 atom stereocenters. The van der Waals surface area contributed by atoms with E-state index in [9.17, 15) is 9.59 Å². The molecule has 1 aromatic heterocycles. The van der Waals surface area contributed by atoms with Crippen molar-refractivity contribution in [2.24, 2.45) is 11.3 Å². The van der Waals surface area contributed by atoms with E-state index >= 15 is 0 Å². The van der Waals surface area contributed by atoms with Gasteiger partial charge in [-0.05, 0) is 49.5 Å². The van der Waals surface area contributed by atoms with Crippen molar-refractivity contribution in [3.63, 3.8) is 0 Å². The Morgan fingerprint density at radius 1 is 1.29 bits per heavy atom. The second-order valence-electron chi connectivity index (χ2n) is 7.90. The number of anilines is 1. The molecule has 1 aliphatic carbocycles. The van der Waals surface area contributed by atoms with E-state index < -0.39 is 0 Å². The lowest BCUT2D eigenvalue weighted by atomic mass is 9.84. The van der Waals surface area contributed by atoms with Crippen LogP contribution in [0.15, 0.2) is 0 Å². The van der Waals surface area contributed by atoms with Crippen molar-refractivity contribution in [2.45, 2.75) is 66.7 Å². The molecule has 1 N–H and O–H groups in total. The molecule has 1 aromatic rings. The summed E-state index contributed by atoms with van der Waals surface area (Å²) in [6, 6.07) is 0. The normalized spacial score (nSPS) is 15.0. The number of thiophene rings is 1. The summed E-state index contributed by atoms with van der Waals surface area (Å²) >= 11 is 1.54. The van der Waals surface area contributed by atoms with Crippen molar-refractivity contribution in [3.8, 4) is 0 Å². The highest BCUT2D eigenvalue weighted by Crippen LogP contribution is 2.39. The lowest BCUT2D eigenvalue weighted by molar-refractivity contribution is -0.117. The van der Waals surface area contributed by atoms with Gasteiger partial charge in [0.05, 0.1) is 12.2 Å². The third-order valence-electron chi connectivity index (χ3n) is 4.15. The SMILES string of the molecule is CCOC(=O)c1c(NC(=O)C[C@H](C)CC(C)(C)C)sc2c1CCC2. The van der Waals surface area contributed by atoms with Crippen molar-refractivity contribution < 1.29 is 14.3 Å². The molecular formula is C19H29NO3S. The van der Waals surface area contributed by atoms with Gasteiger partial charge in [-0.2, -0.15) is 0 Å². The number of carbonyl (C=O) groups is 2. The van der Waals surface area contributed by atoms with Gasteiger partial charge in [0.15, 0.2) is 0 Å². The number of nitrogens with one attached hydrogen (secondary N) is 1. The molecule has 0 aliphatic heterocycles. The molecule has 0 spiro atoms. The predicted molar refractivity (Wildman–Crippen MR) is 98.8 cm³/mol. The van der Waals surface area contributed by atoms with Gasteiger partial charge in [-0.15, -0.1) is 11.3 Å². The van der Waals surface area contributed by atoms with E-state index in [1.807, 2.05) is 0 Å². The topological polar surface area (TPSA) is 55.4 Å². The predicted octanol–water partition coefficient (Wildman–Crippen LogP) is 4.81. The molecule has 0 bridgehead atoms. The van der Waals surface area contributed by atoms with Crippen LogP contribution >= 0.6 is 11.3 Å². The van der Waals surface area contributed by atoms with Gasteiger partial charge in [0.1, 0.15) is 5.00 Å². The van der Waals surface area contributed by atoms with Crippen molar-refractivity contribution in [3.05, 3.63) is 16.0 Å². The Morgan fingerprint density at radius 3 is 2.62 bits per heavy atom. The van der Waals surface area contributed by atoms with Gasteiger partial charge >= 0.3 is 5.97 Å². The molecule has 1 amide bonds. The highest BCUT2D eigenvalue weighted by molar-refractivity contribution is 7.17. The maximum Gasteiger partial charge on any atom is 0.341 e. The first-order valence-corrected chi connectivity index (χ1v) is 9.64. The maximum atomic E-state index is 12.4. The fourth-order valence-corrected chi connectivity index (χ4v) is 4.82. The zero-order valence-corrected chi connectivity index (χ0v) is 16.3. The van der Waals surface area contributed by atoms with Crippen LogP contribution in [0.25, 0.3) is 0 Å². The molecule has 0 saturated carbocycles. The van der Waals surface area contributed by atoms with Crippen LogP contribution in [0.5, 0.6) is 0 Å². The minimum Gasteiger partial charge on any atom is -0.462 e. The second kappa shape index (κ2) is 7.68. The van der Waals surface area contributed by atoms with Gasteiger partial charge in [0.2, 0.25) is 5.91 Å². The molecule has 4 nitrogen and oxygen atoms in total. The average molecular weight is 352 g/mol. The summed E-state index contributed by atoms with van der Waals surface area (Å²) in [6.07, 6.45) is 4.43. The third kappa shape index (κ3) is 4.82. The van der Waals surface area contributed by atoms with E-state index in [2.05, 4.69) is 33.0 Å². The molecule has 2 rings (SSSR count). The minimum absolute atomic E-state index is 0.0165. The smallest absolute Gasteiger partial charge is 0.341 e. The van der Waals surface area contributed by atoms with Crippen molar-refractivity contribution in [1.29, 1.82) is 0 Å². The van der Waals surface area contributed by atoms with Crippen LogP contribution in [0.2, 0.25) is 0 Å². The average Bonchev–Trinajstić information content (AvgIpc) is 2.95. The number of hydrogen-bond donors (Lipinski definition) is 1. The van der Waals surface area contributed by atoms with E-state index in [4.69, 9.17) is 4.74 Å². The van der Waals surface area contributed by atoms with Crippen LogP contribution in [-0.2, 0) is 22.4 Å². The fourth-order valence-electron chi connectivity index (χ4n) is 3.52. The van der Waals surface area contributed by atoms with Gasteiger partial charge in [-0.3, -0.25) is 4.79 Å². The van der Waals surface area contributed by atoms with Gasteiger partial charge in [-0.1, -0.05) is 27.7 Å². The number of fused-ring (bicyclic) bond motifs is 1. The van der Waals surface area contributed by atoms with Crippen molar-refractivity contribution in [1.82, 2.24) is 0 Å². The highest BCUT2D eigenvalue weighted by atomic mass is 32.1. The molecule has 0 aromatic carbocycles. The first-order valence-electron chi connectivity index (χ1n) is 8.82. The summed E-state index contributed by atoms with van der Waals surface area (Å²) in [6.45, 7) is 10.8. The molecule has 134 valence electrons. The first kappa shape index (κ1) is 19.0. The third-order valence-corrected chi connectivity index (χ3v) is 5.36. The number of rotatable bonds is 6. The number of esters is 1. The maximum absolute atomic E-state index is 12.4. The Labute approximate surface area is 149 Å².